The van der Waals surface area contributed by atoms with E-state index in [2.05, 4.69) is 104 Å². The van der Waals surface area contributed by atoms with Crippen LogP contribution in [0.5, 0.6) is 0 Å². The van der Waals surface area contributed by atoms with E-state index in [1.165, 1.54) is 21.2 Å². The molecule has 0 unspecified atom stereocenters. The van der Waals surface area contributed by atoms with Gasteiger partial charge in [-0.15, -0.1) is 0 Å². The van der Waals surface area contributed by atoms with E-state index in [0.29, 0.717) is 22.6 Å². The first-order chi connectivity index (χ1) is 13.7. The van der Waals surface area contributed by atoms with Crippen LogP contribution in [-0.4, -0.2) is 29.7 Å². The van der Waals surface area contributed by atoms with Crippen LogP contribution in [-0.2, 0) is 4.52 Å². The molecule has 160 valence electrons. The van der Waals surface area contributed by atoms with Crippen molar-refractivity contribution < 1.29 is 4.52 Å². The van der Waals surface area contributed by atoms with Crippen LogP contribution < -0.4 is 21.2 Å². The number of rotatable bonds is 9. The van der Waals surface area contributed by atoms with Gasteiger partial charge in [-0.3, -0.25) is 0 Å². The topological polar surface area (TPSA) is 9.23 Å². The Labute approximate surface area is 183 Å². The highest BCUT2D eigenvalue weighted by molar-refractivity contribution is 7.76. The van der Waals surface area contributed by atoms with Crippen molar-refractivity contribution in [3.63, 3.8) is 0 Å². The van der Waals surface area contributed by atoms with Gasteiger partial charge < -0.3 is 4.52 Å². The molecule has 2 rings (SSSR count). The molecule has 0 aliphatic rings. The summed E-state index contributed by atoms with van der Waals surface area (Å²) in [5.41, 5.74) is 2.66. The van der Waals surface area contributed by atoms with Crippen LogP contribution in [0.1, 0.15) is 55.4 Å². The SMILES string of the molecule is COP(c1ccccc1P(C(C)C)C(C)C)c1ccccc1P(C(C)C)C(C)C. The zero-order valence-corrected chi connectivity index (χ0v) is 22.4. The van der Waals surface area contributed by atoms with Gasteiger partial charge in [-0.25, -0.2) is 0 Å². The Kier molecular flexibility index (Phi) is 9.77. The Morgan fingerprint density at radius 1 is 0.517 bits per heavy atom. The third-order valence-corrected chi connectivity index (χ3v) is 13.9. The van der Waals surface area contributed by atoms with E-state index in [9.17, 15) is 0 Å². The van der Waals surface area contributed by atoms with Crippen molar-refractivity contribution in [2.24, 2.45) is 0 Å². The number of hydrogen-bond donors (Lipinski definition) is 0. The lowest BCUT2D eigenvalue weighted by Gasteiger charge is -2.33. The number of benzene rings is 2. The maximum absolute atomic E-state index is 6.31. The minimum Gasteiger partial charge on any atom is -0.353 e. The third-order valence-electron chi connectivity index (χ3n) is 5.17. The molecule has 0 saturated carbocycles. The Bertz CT molecular complexity index is 691. The van der Waals surface area contributed by atoms with E-state index in [-0.39, 0.29) is 15.8 Å². The molecular weight excluding hydrogens is 409 g/mol. The Morgan fingerprint density at radius 3 is 1.03 bits per heavy atom. The van der Waals surface area contributed by atoms with Crippen LogP contribution in [0.2, 0.25) is 0 Å². The van der Waals surface area contributed by atoms with Gasteiger partial charge in [0.15, 0.2) is 0 Å². The summed E-state index contributed by atoms with van der Waals surface area (Å²) in [6.45, 7) is 19.0. The van der Waals surface area contributed by atoms with Crippen LogP contribution in [0.25, 0.3) is 0 Å². The predicted octanol–water partition coefficient (Wildman–Crippen LogP) is 6.53. The monoisotopic (exact) mass is 448 g/mol. The Balaban J connectivity index is 2.66. The largest absolute Gasteiger partial charge is 0.353 e. The molecule has 4 heteroatoms. The normalized spacial score (nSPS) is 12.6. The van der Waals surface area contributed by atoms with E-state index >= 15 is 0 Å². The van der Waals surface area contributed by atoms with Gasteiger partial charge in [-0.05, 0) is 33.2 Å². The highest BCUT2D eigenvalue weighted by Crippen LogP contribution is 2.49. The molecule has 0 atom stereocenters. The van der Waals surface area contributed by atoms with Crippen molar-refractivity contribution in [1.29, 1.82) is 0 Å². The van der Waals surface area contributed by atoms with Crippen molar-refractivity contribution in [2.45, 2.75) is 78.0 Å². The van der Waals surface area contributed by atoms with Crippen molar-refractivity contribution in [1.82, 2.24) is 0 Å². The first-order valence-electron chi connectivity index (χ1n) is 10.8. The molecule has 2 aromatic carbocycles. The van der Waals surface area contributed by atoms with Crippen LogP contribution in [0.15, 0.2) is 48.5 Å². The van der Waals surface area contributed by atoms with Gasteiger partial charge in [-0.1, -0.05) is 120 Å². The second-order valence-electron chi connectivity index (χ2n) is 8.64. The van der Waals surface area contributed by atoms with E-state index in [1.54, 1.807) is 0 Å². The van der Waals surface area contributed by atoms with Gasteiger partial charge >= 0.3 is 0 Å². The lowest BCUT2D eigenvalue weighted by atomic mass is 10.4. The molecule has 0 spiro atoms. The van der Waals surface area contributed by atoms with Crippen LogP contribution in [0.3, 0.4) is 0 Å². The van der Waals surface area contributed by atoms with Gasteiger partial charge in [0, 0.05) is 17.7 Å². The molecule has 0 aromatic heterocycles. The average molecular weight is 449 g/mol. The molecule has 0 fully saturated rings. The molecule has 0 aliphatic heterocycles. The van der Waals surface area contributed by atoms with E-state index < -0.39 is 8.15 Å². The van der Waals surface area contributed by atoms with Gasteiger partial charge in [-0.2, -0.15) is 0 Å². The summed E-state index contributed by atoms with van der Waals surface area (Å²) >= 11 is 0. The second kappa shape index (κ2) is 11.3. The zero-order valence-electron chi connectivity index (χ0n) is 19.7. The van der Waals surface area contributed by atoms with Crippen LogP contribution >= 0.6 is 24.0 Å². The fraction of sp³-hybridized carbons (Fsp3) is 0.520. The molecule has 0 aliphatic carbocycles. The summed E-state index contributed by atoms with van der Waals surface area (Å²) in [5, 5.41) is 5.92. The summed E-state index contributed by atoms with van der Waals surface area (Å²) < 4.78 is 6.31. The molecule has 0 N–H and O–H groups in total. The van der Waals surface area contributed by atoms with E-state index in [1.807, 2.05) is 7.11 Å². The standard InChI is InChI=1S/C25H39OP3/c1-18(2)27(19(3)4)22-14-10-12-16-24(22)29(26-9)25-17-13-11-15-23(25)28(20(5)6)21(7)8/h10-21H,1-9H3. The van der Waals surface area contributed by atoms with Crippen molar-refractivity contribution in [2.75, 3.05) is 7.11 Å². The molecule has 0 radical (unpaired) electrons. The lowest BCUT2D eigenvalue weighted by molar-refractivity contribution is 0.474. The molecule has 29 heavy (non-hydrogen) atoms. The predicted molar refractivity (Wildman–Crippen MR) is 140 cm³/mol. The molecule has 2 aromatic rings. The Hall–Kier alpha value is -0.310. The molecule has 0 bridgehead atoms. The minimum atomic E-state index is -0.822. The molecule has 0 amide bonds. The molecule has 1 nitrogen and oxygen atoms in total. The highest BCUT2D eigenvalue weighted by Gasteiger charge is 2.29. The smallest absolute Gasteiger partial charge is 0.0926 e. The van der Waals surface area contributed by atoms with Crippen molar-refractivity contribution in [3.05, 3.63) is 48.5 Å². The fourth-order valence-corrected chi connectivity index (χ4v) is 13.0. The van der Waals surface area contributed by atoms with Gasteiger partial charge in [0.2, 0.25) is 0 Å². The first-order valence-corrected chi connectivity index (χ1v) is 15.0. The van der Waals surface area contributed by atoms with Crippen molar-refractivity contribution >= 4 is 45.2 Å². The number of hydrogen-bond acceptors (Lipinski definition) is 1. The molecule has 0 saturated heterocycles. The van der Waals surface area contributed by atoms with Crippen LogP contribution in [0, 0.1) is 0 Å². The maximum Gasteiger partial charge on any atom is 0.0926 e. The summed E-state index contributed by atoms with van der Waals surface area (Å²) in [6, 6.07) is 18.2. The van der Waals surface area contributed by atoms with Gasteiger partial charge in [0.25, 0.3) is 0 Å². The molecular formula is C25H39OP3. The maximum atomic E-state index is 6.31. The Morgan fingerprint density at radius 2 is 0.793 bits per heavy atom. The average Bonchev–Trinajstić information content (AvgIpc) is 2.63. The quantitative estimate of drug-likeness (QED) is 0.397. The summed E-state index contributed by atoms with van der Waals surface area (Å²) in [7, 11) is 0.617. The second-order valence-corrected chi connectivity index (χ2v) is 17.3. The van der Waals surface area contributed by atoms with E-state index in [4.69, 9.17) is 4.52 Å². The third kappa shape index (κ3) is 5.89. The first kappa shape index (κ1) is 25.0. The highest BCUT2D eigenvalue weighted by atomic mass is 31.1. The fourth-order valence-electron chi connectivity index (χ4n) is 4.34. The van der Waals surface area contributed by atoms with E-state index in [0.717, 1.165) is 0 Å². The summed E-state index contributed by atoms with van der Waals surface area (Å²) in [5.74, 6) is 0. The van der Waals surface area contributed by atoms with Gasteiger partial charge in [0.1, 0.15) is 0 Å². The summed E-state index contributed by atoms with van der Waals surface area (Å²) in [6.07, 6.45) is 0. The minimum absolute atomic E-state index is 0.231. The lowest BCUT2D eigenvalue weighted by Crippen LogP contribution is -2.35. The van der Waals surface area contributed by atoms with Crippen LogP contribution in [0.4, 0.5) is 0 Å². The molecule has 0 heterocycles. The van der Waals surface area contributed by atoms with Gasteiger partial charge in [0.05, 0.1) is 8.15 Å². The van der Waals surface area contributed by atoms with Crippen molar-refractivity contribution in [3.8, 4) is 0 Å². The zero-order chi connectivity index (χ0) is 21.7. The summed E-state index contributed by atoms with van der Waals surface area (Å²) in [4.78, 5) is 0.